The van der Waals surface area contributed by atoms with Gasteiger partial charge in [-0.3, -0.25) is 9.48 Å². The van der Waals surface area contributed by atoms with E-state index in [4.69, 9.17) is 0 Å². The van der Waals surface area contributed by atoms with E-state index in [0.29, 0.717) is 19.5 Å². The van der Waals surface area contributed by atoms with E-state index in [9.17, 15) is 13.6 Å². The molecule has 1 heterocycles. The molecular weight excluding hydrogens is 384 g/mol. The highest BCUT2D eigenvalue weighted by molar-refractivity contribution is 9.10. The lowest BCUT2D eigenvalue weighted by Crippen LogP contribution is -2.25. The van der Waals surface area contributed by atoms with Gasteiger partial charge in [0.25, 0.3) is 5.91 Å². The Hall–Kier alpha value is -1.96. The molecule has 0 atom stereocenters. The molecule has 8 heteroatoms. The van der Waals surface area contributed by atoms with Crippen LogP contribution in [-0.2, 0) is 6.54 Å². The van der Waals surface area contributed by atoms with Gasteiger partial charge in [-0.05, 0) is 54.4 Å². The van der Waals surface area contributed by atoms with Crippen molar-refractivity contribution in [2.24, 2.45) is 0 Å². The van der Waals surface area contributed by atoms with Crippen LogP contribution in [0.15, 0.2) is 28.7 Å². The largest absolute Gasteiger partial charge is 0.435 e. The van der Waals surface area contributed by atoms with Gasteiger partial charge < -0.3 is 10.1 Å². The van der Waals surface area contributed by atoms with Gasteiger partial charge in [0.05, 0.1) is 10.2 Å². The molecule has 5 nitrogen and oxygen atoms in total. The van der Waals surface area contributed by atoms with Crippen LogP contribution in [0.1, 0.15) is 28.2 Å². The van der Waals surface area contributed by atoms with Gasteiger partial charge in [0.15, 0.2) is 0 Å². The third kappa shape index (κ3) is 4.77. The molecule has 1 N–H and O–H groups in total. The van der Waals surface area contributed by atoms with Crippen LogP contribution < -0.4 is 10.1 Å². The van der Waals surface area contributed by atoms with Crippen molar-refractivity contribution < 1.29 is 18.3 Å². The van der Waals surface area contributed by atoms with E-state index >= 15 is 0 Å². The highest BCUT2D eigenvalue weighted by atomic mass is 79.9. The predicted octanol–water partition coefficient (Wildman–Crippen LogP) is 3.68. The van der Waals surface area contributed by atoms with Gasteiger partial charge in [0.1, 0.15) is 5.75 Å². The Bertz CT molecular complexity index is 719. The lowest BCUT2D eigenvalue weighted by atomic mass is 10.2. The van der Waals surface area contributed by atoms with Gasteiger partial charge >= 0.3 is 6.61 Å². The summed E-state index contributed by atoms with van der Waals surface area (Å²) in [4.78, 5) is 12.0. The second-order valence-electron chi connectivity index (χ2n) is 5.22. The Morgan fingerprint density at radius 2 is 2.17 bits per heavy atom. The van der Waals surface area contributed by atoms with E-state index in [-0.39, 0.29) is 17.2 Å². The molecule has 0 aliphatic rings. The van der Waals surface area contributed by atoms with Crippen molar-refractivity contribution in [3.63, 3.8) is 0 Å². The maximum Gasteiger partial charge on any atom is 0.387 e. The molecular formula is C16H18BrF2N3O2. The molecule has 0 spiro atoms. The molecule has 24 heavy (non-hydrogen) atoms. The minimum atomic E-state index is -2.91. The zero-order valence-electron chi connectivity index (χ0n) is 13.4. The Morgan fingerprint density at radius 3 is 2.79 bits per heavy atom. The van der Waals surface area contributed by atoms with Crippen LogP contribution >= 0.6 is 15.9 Å². The fourth-order valence-electron chi connectivity index (χ4n) is 2.24. The van der Waals surface area contributed by atoms with Crippen molar-refractivity contribution in [2.75, 3.05) is 6.54 Å². The number of carbonyl (C=O) groups is 1. The lowest BCUT2D eigenvalue weighted by Gasteiger charge is -2.08. The number of benzene rings is 1. The Kier molecular flexibility index (Phi) is 6.30. The first kappa shape index (κ1) is 18.4. The first-order valence-corrected chi connectivity index (χ1v) is 8.20. The number of hydrogen-bond acceptors (Lipinski definition) is 3. The average molecular weight is 402 g/mol. The molecule has 0 fully saturated rings. The van der Waals surface area contributed by atoms with E-state index in [1.807, 2.05) is 18.5 Å². The maximum absolute atomic E-state index is 12.2. The van der Waals surface area contributed by atoms with Gasteiger partial charge in [-0.1, -0.05) is 6.07 Å². The van der Waals surface area contributed by atoms with Crippen LogP contribution in [0.4, 0.5) is 8.78 Å². The van der Waals surface area contributed by atoms with Gasteiger partial charge in [0, 0.05) is 24.3 Å². The second kappa shape index (κ2) is 8.23. The summed E-state index contributed by atoms with van der Waals surface area (Å²) in [5.74, 6) is -0.366. The minimum Gasteiger partial charge on any atom is -0.435 e. The van der Waals surface area contributed by atoms with E-state index < -0.39 is 6.61 Å². The fourth-order valence-corrected chi connectivity index (χ4v) is 2.52. The van der Waals surface area contributed by atoms with Crippen LogP contribution in [0.2, 0.25) is 0 Å². The first-order chi connectivity index (χ1) is 11.4. The second-order valence-corrected chi connectivity index (χ2v) is 6.02. The number of halogens is 3. The summed E-state index contributed by atoms with van der Waals surface area (Å²) in [6.45, 7) is 2.10. The highest BCUT2D eigenvalue weighted by Crippen LogP contribution is 2.19. The predicted molar refractivity (Wildman–Crippen MR) is 89.4 cm³/mol. The quantitative estimate of drug-likeness (QED) is 0.719. The third-order valence-electron chi connectivity index (χ3n) is 3.45. The van der Waals surface area contributed by atoms with E-state index in [1.54, 1.807) is 6.07 Å². The van der Waals surface area contributed by atoms with Crippen LogP contribution in [-0.4, -0.2) is 28.8 Å². The average Bonchev–Trinajstić information content (AvgIpc) is 2.78. The number of hydrogen-bond donors (Lipinski definition) is 1. The fraction of sp³-hybridized carbons (Fsp3) is 0.375. The molecule has 0 saturated heterocycles. The Morgan fingerprint density at radius 1 is 1.42 bits per heavy atom. The summed E-state index contributed by atoms with van der Waals surface area (Å²) in [5, 5.41) is 7.15. The lowest BCUT2D eigenvalue weighted by molar-refractivity contribution is -0.0498. The van der Waals surface area contributed by atoms with Crippen LogP contribution in [0.5, 0.6) is 5.75 Å². The zero-order valence-corrected chi connectivity index (χ0v) is 14.9. The molecule has 1 amide bonds. The molecule has 0 aliphatic heterocycles. The molecule has 2 rings (SSSR count). The molecule has 0 radical (unpaired) electrons. The summed E-state index contributed by atoms with van der Waals surface area (Å²) in [6, 6.07) is 5.72. The number of carbonyl (C=O) groups excluding carboxylic acids is 1. The summed E-state index contributed by atoms with van der Waals surface area (Å²) in [7, 11) is 0. The maximum atomic E-state index is 12.2. The SMILES string of the molecule is Cc1nn(CCCNC(=O)c2cccc(OC(F)F)c2)c(C)c1Br. The smallest absolute Gasteiger partial charge is 0.387 e. The number of amides is 1. The molecule has 0 bridgehead atoms. The number of aromatic nitrogens is 2. The number of aryl methyl sites for hydroxylation is 2. The van der Waals surface area contributed by atoms with Crippen LogP contribution in [0.25, 0.3) is 0 Å². The van der Waals surface area contributed by atoms with Gasteiger partial charge in [-0.2, -0.15) is 13.9 Å². The number of nitrogens with one attached hydrogen (secondary N) is 1. The number of alkyl halides is 2. The van der Waals surface area contributed by atoms with E-state index in [2.05, 4.69) is 31.1 Å². The Labute approximate surface area is 147 Å². The Balaban J connectivity index is 1.84. The monoisotopic (exact) mass is 401 g/mol. The van der Waals surface area contributed by atoms with Crippen molar-refractivity contribution in [1.29, 1.82) is 0 Å². The minimum absolute atomic E-state index is 0.0369. The third-order valence-corrected chi connectivity index (χ3v) is 4.59. The standard InChI is InChI=1S/C16H18BrF2N3O2/c1-10-14(17)11(2)22(21-10)8-4-7-20-15(23)12-5-3-6-13(9-12)24-16(18)19/h3,5-6,9,16H,4,7-8H2,1-2H3,(H,20,23). The zero-order chi connectivity index (χ0) is 17.7. The summed E-state index contributed by atoms with van der Waals surface area (Å²) in [5.41, 5.74) is 2.24. The summed E-state index contributed by atoms with van der Waals surface area (Å²) in [6.07, 6.45) is 0.702. The molecule has 0 unspecified atom stereocenters. The number of rotatable bonds is 7. The van der Waals surface area contributed by atoms with Gasteiger partial charge in [-0.25, -0.2) is 0 Å². The van der Waals surface area contributed by atoms with E-state index in [0.717, 1.165) is 15.9 Å². The van der Waals surface area contributed by atoms with Crippen molar-refractivity contribution in [3.8, 4) is 5.75 Å². The molecule has 2 aromatic rings. The molecule has 0 saturated carbocycles. The summed E-state index contributed by atoms with van der Waals surface area (Å²) < 4.78 is 31.5. The van der Waals surface area contributed by atoms with E-state index in [1.165, 1.54) is 18.2 Å². The molecule has 0 aliphatic carbocycles. The van der Waals surface area contributed by atoms with Crippen molar-refractivity contribution >= 4 is 21.8 Å². The normalized spacial score (nSPS) is 10.9. The van der Waals surface area contributed by atoms with Crippen molar-refractivity contribution in [1.82, 2.24) is 15.1 Å². The summed E-state index contributed by atoms with van der Waals surface area (Å²) >= 11 is 3.47. The molecule has 1 aromatic heterocycles. The topological polar surface area (TPSA) is 56.2 Å². The van der Waals surface area contributed by atoms with Crippen LogP contribution in [0, 0.1) is 13.8 Å². The highest BCUT2D eigenvalue weighted by Gasteiger charge is 2.10. The van der Waals surface area contributed by atoms with Crippen LogP contribution in [0.3, 0.4) is 0 Å². The van der Waals surface area contributed by atoms with Gasteiger partial charge in [0.2, 0.25) is 0 Å². The van der Waals surface area contributed by atoms with Crippen molar-refractivity contribution in [2.45, 2.75) is 33.4 Å². The van der Waals surface area contributed by atoms with Gasteiger partial charge in [-0.15, -0.1) is 0 Å². The molecule has 1 aromatic carbocycles. The number of nitrogens with zero attached hydrogens (tertiary/aromatic N) is 2. The number of ether oxygens (including phenoxy) is 1. The first-order valence-electron chi connectivity index (χ1n) is 7.41. The van der Waals surface area contributed by atoms with Crippen molar-refractivity contribution in [3.05, 3.63) is 45.7 Å². The molecule has 130 valence electrons.